The topological polar surface area (TPSA) is 152 Å². The van der Waals surface area contributed by atoms with Crippen molar-refractivity contribution in [1.29, 1.82) is 0 Å². The number of halogens is 1. The van der Waals surface area contributed by atoms with Crippen LogP contribution in [0.3, 0.4) is 0 Å². The van der Waals surface area contributed by atoms with Crippen LogP contribution in [0.2, 0.25) is 0 Å². The van der Waals surface area contributed by atoms with Gasteiger partial charge >= 0.3 is 5.97 Å². The Kier molecular flexibility index (Phi) is 5.84. The first-order valence-electron chi connectivity index (χ1n) is 11.9. The maximum absolute atomic E-state index is 15.5. The van der Waals surface area contributed by atoms with Crippen molar-refractivity contribution >= 4 is 17.5 Å². The first kappa shape index (κ1) is 24.7. The fourth-order valence-corrected chi connectivity index (χ4v) is 8.53. The van der Waals surface area contributed by atoms with Gasteiger partial charge < -0.3 is 25.5 Å². The number of alkyl halides is 1. The molecule has 0 aromatic heterocycles. The Labute approximate surface area is 192 Å². The van der Waals surface area contributed by atoms with Crippen LogP contribution in [0, 0.1) is 40.4 Å². The molecule has 4 aliphatic carbocycles. The van der Waals surface area contributed by atoms with Gasteiger partial charge in [-0.05, 0) is 54.8 Å². The van der Waals surface area contributed by atoms with Crippen LogP contribution in [0.25, 0.3) is 0 Å². The number of carboxylic acids is 1. The minimum atomic E-state index is -2.39. The highest BCUT2D eigenvalue weighted by molar-refractivity contribution is 5.96. The second kappa shape index (κ2) is 7.80. The van der Waals surface area contributed by atoms with E-state index in [1.54, 1.807) is 13.8 Å². The van der Waals surface area contributed by atoms with Gasteiger partial charge in [0, 0.05) is 24.2 Å². The van der Waals surface area contributed by atoms with Gasteiger partial charge in [-0.3, -0.25) is 9.59 Å². The second-order valence-corrected chi connectivity index (χ2v) is 11.6. The molecule has 0 saturated heterocycles. The van der Waals surface area contributed by atoms with Gasteiger partial charge in [-0.1, -0.05) is 20.8 Å². The lowest BCUT2D eigenvalue weighted by Gasteiger charge is -2.63. The number of fused-ring (bicyclic) bond motifs is 5. The molecule has 3 unspecified atom stereocenters. The van der Waals surface area contributed by atoms with Gasteiger partial charge in [-0.15, -0.1) is 0 Å². The van der Waals surface area contributed by atoms with E-state index in [0.717, 1.165) is 0 Å². The molecule has 9 heteroatoms. The molecule has 0 heterocycles. The van der Waals surface area contributed by atoms with E-state index in [1.165, 1.54) is 0 Å². The van der Waals surface area contributed by atoms with Crippen molar-refractivity contribution in [1.82, 2.24) is 0 Å². The SMILES string of the molecule is C[C@@H]1C[C@H]2[C@@H]3C[C@@H](F)C4CC(=O)CC[C@]4(C)[C@H]3[C@H](O)C[C@]2(C)[C@@]1(O)C(=O)C(O)C(O)C(=O)O. The summed E-state index contributed by atoms with van der Waals surface area (Å²) in [5, 5.41) is 52.2. The van der Waals surface area contributed by atoms with Crippen LogP contribution in [0.4, 0.5) is 4.39 Å². The van der Waals surface area contributed by atoms with Gasteiger partial charge in [0.1, 0.15) is 17.6 Å². The number of carbonyl (C=O) groups is 3. The predicted octanol–water partition coefficient (Wildman–Crippen LogP) is 0.870. The Bertz CT molecular complexity index is 863. The molecule has 186 valence electrons. The molecule has 0 aromatic carbocycles. The summed E-state index contributed by atoms with van der Waals surface area (Å²) in [6, 6.07) is 0. The summed E-state index contributed by atoms with van der Waals surface area (Å²) in [6.45, 7) is 5.22. The van der Waals surface area contributed by atoms with E-state index in [9.17, 15) is 34.8 Å². The first-order chi connectivity index (χ1) is 15.2. The number of aliphatic hydroxyl groups excluding tert-OH is 3. The van der Waals surface area contributed by atoms with Crippen LogP contribution in [-0.4, -0.2) is 73.2 Å². The van der Waals surface area contributed by atoms with Gasteiger partial charge in [0.05, 0.1) is 6.10 Å². The van der Waals surface area contributed by atoms with Crippen molar-refractivity contribution in [3.05, 3.63) is 0 Å². The highest BCUT2D eigenvalue weighted by Gasteiger charge is 2.72. The summed E-state index contributed by atoms with van der Waals surface area (Å²) in [4.78, 5) is 36.4. The molecule has 0 radical (unpaired) electrons. The zero-order valence-electron chi connectivity index (χ0n) is 19.3. The Morgan fingerprint density at radius 2 is 1.76 bits per heavy atom. The summed E-state index contributed by atoms with van der Waals surface area (Å²) >= 11 is 0. The number of ketones is 2. The fraction of sp³-hybridized carbons (Fsp3) is 0.875. The summed E-state index contributed by atoms with van der Waals surface area (Å²) in [6.07, 6.45) is -5.45. The van der Waals surface area contributed by atoms with Crippen molar-refractivity contribution in [3.63, 3.8) is 0 Å². The number of rotatable bonds is 4. The number of carbonyl (C=O) groups excluding carboxylic acids is 2. The van der Waals surface area contributed by atoms with Crippen molar-refractivity contribution in [2.45, 2.75) is 89.4 Å². The van der Waals surface area contributed by atoms with E-state index in [0.29, 0.717) is 19.3 Å². The number of hydrogen-bond acceptors (Lipinski definition) is 7. The Morgan fingerprint density at radius 3 is 2.36 bits per heavy atom. The third-order valence-corrected chi connectivity index (χ3v) is 10.2. The lowest BCUT2D eigenvalue weighted by molar-refractivity contribution is -0.214. The molecule has 4 rings (SSSR count). The van der Waals surface area contributed by atoms with E-state index >= 15 is 4.39 Å². The van der Waals surface area contributed by atoms with Crippen molar-refractivity contribution < 1.29 is 44.3 Å². The zero-order valence-corrected chi connectivity index (χ0v) is 19.3. The van der Waals surface area contributed by atoms with Crippen LogP contribution in [0.1, 0.15) is 59.3 Å². The van der Waals surface area contributed by atoms with Crippen LogP contribution < -0.4 is 0 Å². The lowest BCUT2D eigenvalue weighted by Crippen LogP contribution is -2.66. The van der Waals surface area contributed by atoms with Gasteiger partial charge in [0.15, 0.2) is 18.0 Å². The summed E-state index contributed by atoms with van der Waals surface area (Å²) < 4.78 is 15.5. The molecule has 4 saturated carbocycles. The number of aliphatic hydroxyl groups is 4. The van der Waals surface area contributed by atoms with E-state index in [2.05, 4.69) is 0 Å². The van der Waals surface area contributed by atoms with Crippen molar-refractivity contribution in [2.24, 2.45) is 40.4 Å². The molecule has 0 bridgehead atoms. The largest absolute Gasteiger partial charge is 0.479 e. The number of hydrogen-bond donors (Lipinski definition) is 5. The summed E-state index contributed by atoms with van der Waals surface area (Å²) in [5.74, 6) is -5.07. The molecule has 0 spiro atoms. The highest BCUT2D eigenvalue weighted by Crippen LogP contribution is 2.69. The van der Waals surface area contributed by atoms with Crippen LogP contribution in [0.5, 0.6) is 0 Å². The molecule has 0 amide bonds. The second-order valence-electron chi connectivity index (χ2n) is 11.6. The average Bonchev–Trinajstić information content (AvgIpc) is 2.94. The molecule has 0 aromatic rings. The van der Waals surface area contributed by atoms with Gasteiger partial charge in [0.2, 0.25) is 0 Å². The smallest absolute Gasteiger partial charge is 0.335 e. The Hall–Kier alpha value is -1.42. The molecule has 33 heavy (non-hydrogen) atoms. The van der Waals surface area contributed by atoms with Crippen LogP contribution >= 0.6 is 0 Å². The predicted molar refractivity (Wildman–Crippen MR) is 113 cm³/mol. The van der Waals surface area contributed by atoms with E-state index in [1.807, 2.05) is 6.92 Å². The molecule has 8 nitrogen and oxygen atoms in total. The van der Waals surface area contributed by atoms with Gasteiger partial charge in [-0.25, -0.2) is 9.18 Å². The minimum absolute atomic E-state index is 0.0223. The Morgan fingerprint density at radius 1 is 1.12 bits per heavy atom. The van der Waals surface area contributed by atoms with Crippen LogP contribution in [-0.2, 0) is 14.4 Å². The highest BCUT2D eigenvalue weighted by atomic mass is 19.1. The molecule has 0 aliphatic heterocycles. The molecule has 5 N–H and O–H groups in total. The molecule has 12 atom stereocenters. The van der Waals surface area contributed by atoms with Crippen molar-refractivity contribution in [2.75, 3.05) is 0 Å². The molecule has 4 fully saturated rings. The summed E-state index contributed by atoms with van der Waals surface area (Å²) in [5.41, 5.74) is -4.01. The van der Waals surface area contributed by atoms with E-state index in [-0.39, 0.29) is 42.8 Å². The third-order valence-electron chi connectivity index (χ3n) is 10.2. The first-order valence-corrected chi connectivity index (χ1v) is 11.9. The third kappa shape index (κ3) is 3.18. The van der Waals surface area contributed by atoms with Gasteiger partial charge in [-0.2, -0.15) is 0 Å². The standard InChI is InChI=1S/C24H35FO8/c1-10-6-13-12-8-15(25)14-7-11(26)4-5-22(14,2)17(12)16(27)9-23(13,3)24(10,33)20(30)18(28)19(29)21(31)32/h10,12-19,27-29,33H,4-9H2,1-3H3,(H,31,32)/t10-,12+,13+,14?,15-,16-,17-,18?,19?,22+,23+,24+/m1/s1. The van der Waals surface area contributed by atoms with Crippen LogP contribution in [0.15, 0.2) is 0 Å². The number of Topliss-reactive ketones (excluding diaryl/α,β-unsaturated/α-hetero) is 2. The van der Waals surface area contributed by atoms with E-state index in [4.69, 9.17) is 5.11 Å². The Balaban J connectivity index is 1.73. The molecular weight excluding hydrogens is 435 g/mol. The number of carboxylic acid groups (broad SMARTS) is 1. The molecular formula is C24H35FO8. The van der Waals surface area contributed by atoms with Gasteiger partial charge in [0.25, 0.3) is 0 Å². The lowest BCUT2D eigenvalue weighted by atomic mass is 9.43. The summed E-state index contributed by atoms with van der Waals surface area (Å²) in [7, 11) is 0. The minimum Gasteiger partial charge on any atom is -0.479 e. The zero-order chi connectivity index (χ0) is 24.7. The normalized spacial score (nSPS) is 51.2. The maximum atomic E-state index is 15.5. The monoisotopic (exact) mass is 470 g/mol. The van der Waals surface area contributed by atoms with Crippen molar-refractivity contribution in [3.8, 4) is 0 Å². The number of aliphatic carboxylic acids is 1. The molecule has 4 aliphatic rings. The fourth-order valence-electron chi connectivity index (χ4n) is 8.53. The quantitative estimate of drug-likeness (QED) is 0.406. The van der Waals surface area contributed by atoms with E-state index < -0.39 is 64.5 Å². The maximum Gasteiger partial charge on any atom is 0.335 e. The average molecular weight is 471 g/mol.